The molecule has 2 bridgehead atoms. The summed E-state index contributed by atoms with van der Waals surface area (Å²) >= 11 is 0. The van der Waals surface area contributed by atoms with Crippen LogP contribution >= 0.6 is 0 Å². The van der Waals surface area contributed by atoms with Crippen molar-refractivity contribution in [2.45, 2.75) is 82.3 Å². The number of fused-ring (bicyclic) bond motifs is 2. The Balaban J connectivity index is 1.39. The van der Waals surface area contributed by atoms with E-state index in [2.05, 4.69) is 17.6 Å². The third-order valence-electron chi connectivity index (χ3n) is 5.38. The minimum absolute atomic E-state index is 0.478. The smallest absolute Gasteiger partial charge is 0.0153 e. The Bertz CT molecular complexity index is 246. The Morgan fingerprint density at radius 3 is 2.41 bits per heavy atom. The summed E-state index contributed by atoms with van der Waals surface area (Å²) in [4.78, 5) is 0. The lowest BCUT2D eigenvalue weighted by Gasteiger charge is -2.31. The molecule has 0 aromatic heterocycles. The molecule has 2 unspecified atom stereocenters. The Morgan fingerprint density at radius 1 is 1.12 bits per heavy atom. The molecular weight excluding hydrogens is 208 g/mol. The average Bonchev–Trinajstić information content (AvgIpc) is 2.86. The van der Waals surface area contributed by atoms with E-state index in [4.69, 9.17) is 0 Å². The Labute approximate surface area is 106 Å². The maximum Gasteiger partial charge on any atom is 0.0153 e. The average molecular weight is 236 g/mol. The van der Waals surface area contributed by atoms with Crippen molar-refractivity contribution in [3.8, 4) is 0 Å². The van der Waals surface area contributed by atoms with Gasteiger partial charge in [0.15, 0.2) is 0 Å². The van der Waals surface area contributed by atoms with E-state index in [1.54, 1.807) is 0 Å². The van der Waals surface area contributed by atoms with Gasteiger partial charge in [0.25, 0.3) is 0 Å². The summed E-state index contributed by atoms with van der Waals surface area (Å²) in [5, 5.41) is 7.57. The van der Waals surface area contributed by atoms with E-state index < -0.39 is 0 Å². The molecule has 98 valence electrons. The van der Waals surface area contributed by atoms with E-state index in [0.29, 0.717) is 5.54 Å². The molecule has 2 heterocycles. The standard InChI is InChI=1S/C15H28N2/c1-15(7-2-3-8-15)16-9-6-12-10-13-4-5-14(11-12)17-13/h12-14,16-17H,2-11H2,1H3. The van der Waals surface area contributed by atoms with E-state index in [1.165, 1.54) is 64.3 Å². The number of piperidine rings is 1. The zero-order valence-corrected chi connectivity index (χ0v) is 11.3. The van der Waals surface area contributed by atoms with Crippen molar-refractivity contribution < 1.29 is 0 Å². The number of nitrogens with one attached hydrogen (secondary N) is 2. The monoisotopic (exact) mass is 236 g/mol. The number of hydrogen-bond acceptors (Lipinski definition) is 2. The van der Waals surface area contributed by atoms with Crippen LogP contribution in [0.4, 0.5) is 0 Å². The second kappa shape index (κ2) is 4.89. The predicted molar refractivity (Wildman–Crippen MR) is 72.2 cm³/mol. The van der Waals surface area contributed by atoms with Crippen LogP contribution in [0.2, 0.25) is 0 Å². The minimum atomic E-state index is 0.478. The molecule has 0 spiro atoms. The second-order valence-corrected chi connectivity index (χ2v) is 6.96. The fourth-order valence-electron chi connectivity index (χ4n) is 4.32. The molecule has 2 saturated heterocycles. The van der Waals surface area contributed by atoms with Crippen LogP contribution < -0.4 is 10.6 Å². The summed E-state index contributed by atoms with van der Waals surface area (Å²) in [6, 6.07) is 1.72. The molecular formula is C15H28N2. The lowest BCUT2D eigenvalue weighted by atomic mass is 9.89. The first-order valence-corrected chi connectivity index (χ1v) is 7.75. The van der Waals surface area contributed by atoms with Crippen LogP contribution in [-0.2, 0) is 0 Å². The highest BCUT2D eigenvalue weighted by Gasteiger charge is 2.33. The summed E-state index contributed by atoms with van der Waals surface area (Å²) in [5.74, 6) is 0.992. The van der Waals surface area contributed by atoms with E-state index in [1.807, 2.05) is 0 Å². The van der Waals surface area contributed by atoms with Gasteiger partial charge in [-0.2, -0.15) is 0 Å². The maximum atomic E-state index is 3.83. The molecule has 2 nitrogen and oxygen atoms in total. The summed E-state index contributed by atoms with van der Waals surface area (Å²) in [5.41, 5.74) is 0.478. The summed E-state index contributed by atoms with van der Waals surface area (Å²) < 4.78 is 0. The van der Waals surface area contributed by atoms with Crippen LogP contribution in [0.25, 0.3) is 0 Å². The quantitative estimate of drug-likeness (QED) is 0.784. The lowest BCUT2D eigenvalue weighted by Crippen LogP contribution is -2.42. The molecule has 0 amide bonds. The molecule has 1 aliphatic carbocycles. The second-order valence-electron chi connectivity index (χ2n) is 6.96. The zero-order valence-electron chi connectivity index (χ0n) is 11.3. The van der Waals surface area contributed by atoms with Gasteiger partial charge in [0, 0.05) is 17.6 Å². The highest BCUT2D eigenvalue weighted by molar-refractivity contribution is 4.93. The summed E-state index contributed by atoms with van der Waals surface area (Å²) in [6.07, 6.45) is 12.8. The number of hydrogen-bond donors (Lipinski definition) is 2. The van der Waals surface area contributed by atoms with Gasteiger partial charge in [0.1, 0.15) is 0 Å². The number of rotatable bonds is 4. The van der Waals surface area contributed by atoms with Crippen molar-refractivity contribution in [3.05, 3.63) is 0 Å². The van der Waals surface area contributed by atoms with Gasteiger partial charge in [-0.1, -0.05) is 12.8 Å². The third-order valence-corrected chi connectivity index (χ3v) is 5.38. The Morgan fingerprint density at radius 2 is 1.76 bits per heavy atom. The van der Waals surface area contributed by atoms with Crippen LogP contribution in [-0.4, -0.2) is 24.2 Å². The first kappa shape index (κ1) is 12.0. The molecule has 17 heavy (non-hydrogen) atoms. The first-order chi connectivity index (χ1) is 8.23. The summed E-state index contributed by atoms with van der Waals surface area (Å²) in [7, 11) is 0. The van der Waals surface area contributed by atoms with Gasteiger partial charge < -0.3 is 10.6 Å². The molecule has 2 N–H and O–H groups in total. The van der Waals surface area contributed by atoms with E-state index >= 15 is 0 Å². The van der Waals surface area contributed by atoms with Crippen molar-refractivity contribution in [1.82, 2.24) is 10.6 Å². The SMILES string of the molecule is CC1(NCCC2CC3CCC(C2)N3)CCCC1. The van der Waals surface area contributed by atoms with E-state index in [-0.39, 0.29) is 0 Å². The molecule has 2 atom stereocenters. The predicted octanol–water partition coefficient (Wildman–Crippen LogP) is 2.83. The van der Waals surface area contributed by atoms with Gasteiger partial charge in [0.2, 0.25) is 0 Å². The molecule has 0 aromatic rings. The minimum Gasteiger partial charge on any atom is -0.312 e. The van der Waals surface area contributed by atoms with E-state index in [9.17, 15) is 0 Å². The lowest BCUT2D eigenvalue weighted by molar-refractivity contribution is 0.268. The zero-order chi connectivity index (χ0) is 11.7. The van der Waals surface area contributed by atoms with E-state index in [0.717, 1.165) is 18.0 Å². The van der Waals surface area contributed by atoms with Gasteiger partial charge in [-0.3, -0.25) is 0 Å². The maximum absolute atomic E-state index is 3.83. The topological polar surface area (TPSA) is 24.1 Å². The fraction of sp³-hybridized carbons (Fsp3) is 1.00. The molecule has 1 saturated carbocycles. The normalized spacial score (nSPS) is 39.7. The van der Waals surface area contributed by atoms with Crippen LogP contribution in [0.1, 0.15) is 64.7 Å². The Hall–Kier alpha value is -0.0800. The van der Waals surface area contributed by atoms with Crippen molar-refractivity contribution in [2.75, 3.05) is 6.54 Å². The molecule has 2 heteroatoms. The molecule has 3 fully saturated rings. The van der Waals surface area contributed by atoms with Crippen molar-refractivity contribution in [3.63, 3.8) is 0 Å². The van der Waals surface area contributed by atoms with Crippen molar-refractivity contribution in [1.29, 1.82) is 0 Å². The third kappa shape index (κ3) is 2.85. The molecule has 3 aliphatic rings. The fourth-order valence-corrected chi connectivity index (χ4v) is 4.32. The largest absolute Gasteiger partial charge is 0.312 e. The van der Waals surface area contributed by atoms with Gasteiger partial charge in [-0.25, -0.2) is 0 Å². The first-order valence-electron chi connectivity index (χ1n) is 7.75. The highest BCUT2D eigenvalue weighted by atomic mass is 15.0. The Kier molecular flexibility index (Phi) is 3.45. The molecule has 0 aromatic carbocycles. The van der Waals surface area contributed by atoms with Crippen LogP contribution in [0, 0.1) is 5.92 Å². The molecule has 0 radical (unpaired) electrons. The van der Waals surface area contributed by atoms with Crippen molar-refractivity contribution in [2.24, 2.45) is 5.92 Å². The highest BCUT2D eigenvalue weighted by Crippen LogP contribution is 2.33. The van der Waals surface area contributed by atoms with Crippen LogP contribution in [0.5, 0.6) is 0 Å². The van der Waals surface area contributed by atoms with Gasteiger partial charge in [0.05, 0.1) is 0 Å². The molecule has 3 rings (SSSR count). The van der Waals surface area contributed by atoms with Crippen LogP contribution in [0.15, 0.2) is 0 Å². The molecule has 2 aliphatic heterocycles. The van der Waals surface area contributed by atoms with Gasteiger partial charge >= 0.3 is 0 Å². The van der Waals surface area contributed by atoms with Gasteiger partial charge in [-0.05, 0) is 64.3 Å². The van der Waals surface area contributed by atoms with Crippen molar-refractivity contribution >= 4 is 0 Å². The van der Waals surface area contributed by atoms with Crippen LogP contribution in [0.3, 0.4) is 0 Å². The van der Waals surface area contributed by atoms with Gasteiger partial charge in [-0.15, -0.1) is 0 Å². The summed E-state index contributed by atoms with van der Waals surface area (Å²) in [6.45, 7) is 3.67.